The van der Waals surface area contributed by atoms with Crippen molar-refractivity contribution in [3.8, 4) is 11.5 Å². The van der Waals surface area contributed by atoms with Gasteiger partial charge in [0.25, 0.3) is 0 Å². The third-order valence-corrected chi connectivity index (χ3v) is 7.29. The van der Waals surface area contributed by atoms with Crippen molar-refractivity contribution >= 4 is 33.4 Å². The van der Waals surface area contributed by atoms with E-state index in [0.29, 0.717) is 5.75 Å². The van der Waals surface area contributed by atoms with Crippen LogP contribution in [0, 0.1) is 0 Å². The van der Waals surface area contributed by atoms with E-state index in [4.69, 9.17) is 25.8 Å². The molecule has 8 nitrogen and oxygen atoms in total. The van der Waals surface area contributed by atoms with E-state index in [1.807, 2.05) is 30.3 Å². The number of halogens is 1. The molecule has 0 aliphatic carbocycles. The molecule has 3 aromatic rings. The van der Waals surface area contributed by atoms with Crippen LogP contribution in [0.25, 0.3) is 0 Å². The maximum Gasteiger partial charge on any atom is 0.340 e. The number of carbonyl (C=O) groups is 2. The summed E-state index contributed by atoms with van der Waals surface area (Å²) in [6, 6.07) is 17.4. The molecule has 184 valence electrons. The maximum absolute atomic E-state index is 13.0. The van der Waals surface area contributed by atoms with E-state index in [-0.39, 0.29) is 33.3 Å². The van der Waals surface area contributed by atoms with Gasteiger partial charge in [-0.25, -0.2) is 13.2 Å². The van der Waals surface area contributed by atoms with Gasteiger partial charge in [-0.15, -0.1) is 0 Å². The zero-order valence-electron chi connectivity index (χ0n) is 19.4. The standard InChI is InChI=1S/C25H24ClNO7S/c1-27(15-17-7-5-4-6-8-17)35(30,31)19-10-12-22(26)21(14-19)25(29)34-16-23(28)20-11-9-18(32-2)13-24(20)33-3/h4-14H,15-16H2,1-3H3. The quantitative estimate of drug-likeness (QED) is 0.293. The number of Topliss-reactive ketones (excluding diaryl/α,β-unsaturated/α-hetero) is 1. The summed E-state index contributed by atoms with van der Waals surface area (Å²) >= 11 is 6.14. The lowest BCUT2D eigenvalue weighted by Gasteiger charge is -2.18. The van der Waals surface area contributed by atoms with Crippen molar-refractivity contribution in [3.63, 3.8) is 0 Å². The predicted octanol–water partition coefficient (Wildman–Crippen LogP) is 4.22. The van der Waals surface area contributed by atoms with Crippen LogP contribution in [0.2, 0.25) is 5.02 Å². The maximum atomic E-state index is 13.0. The van der Waals surface area contributed by atoms with Gasteiger partial charge in [0.2, 0.25) is 15.8 Å². The fourth-order valence-corrected chi connectivity index (χ4v) is 4.62. The summed E-state index contributed by atoms with van der Waals surface area (Å²) in [5, 5.41) is -0.00543. The fraction of sp³-hybridized carbons (Fsp3) is 0.200. The van der Waals surface area contributed by atoms with Crippen molar-refractivity contribution in [1.29, 1.82) is 0 Å². The van der Waals surface area contributed by atoms with Crippen LogP contribution in [0.4, 0.5) is 0 Å². The number of rotatable bonds is 10. The summed E-state index contributed by atoms with van der Waals surface area (Å²) in [5.41, 5.74) is 0.834. The van der Waals surface area contributed by atoms with Crippen molar-refractivity contribution < 1.29 is 32.2 Å². The normalized spacial score (nSPS) is 11.2. The molecule has 3 rings (SSSR count). The first-order chi connectivity index (χ1) is 16.7. The molecule has 0 saturated heterocycles. The molecule has 0 fully saturated rings. The van der Waals surface area contributed by atoms with Gasteiger partial charge in [0.15, 0.2) is 6.61 Å². The molecule has 0 N–H and O–H groups in total. The van der Waals surface area contributed by atoms with Gasteiger partial charge in [-0.1, -0.05) is 41.9 Å². The van der Waals surface area contributed by atoms with E-state index in [9.17, 15) is 18.0 Å². The minimum absolute atomic E-state index is 0.00543. The van der Waals surface area contributed by atoms with Gasteiger partial charge in [-0.2, -0.15) is 4.31 Å². The third-order valence-electron chi connectivity index (χ3n) is 5.16. The zero-order chi connectivity index (χ0) is 25.6. The average Bonchev–Trinajstić information content (AvgIpc) is 2.87. The molecule has 3 aromatic carbocycles. The van der Waals surface area contributed by atoms with Gasteiger partial charge >= 0.3 is 5.97 Å². The Kier molecular flexibility index (Phi) is 8.50. The molecule has 0 saturated carbocycles. The molecule has 0 atom stereocenters. The molecular formula is C25H24ClNO7S. The number of carbonyl (C=O) groups excluding carboxylic acids is 2. The Balaban J connectivity index is 1.76. The van der Waals surface area contributed by atoms with Crippen LogP contribution in [-0.4, -0.2) is 52.3 Å². The molecule has 0 spiro atoms. The van der Waals surface area contributed by atoms with Crippen LogP contribution in [-0.2, 0) is 21.3 Å². The van der Waals surface area contributed by atoms with E-state index in [1.165, 1.54) is 49.8 Å². The molecule has 0 heterocycles. The molecule has 0 radical (unpaired) electrons. The summed E-state index contributed by atoms with van der Waals surface area (Å²) < 4.78 is 42.7. The van der Waals surface area contributed by atoms with Crippen LogP contribution in [0.15, 0.2) is 71.6 Å². The van der Waals surface area contributed by atoms with E-state index in [2.05, 4.69) is 0 Å². The van der Waals surface area contributed by atoms with Gasteiger partial charge in [0.1, 0.15) is 11.5 Å². The van der Waals surface area contributed by atoms with Crippen LogP contribution >= 0.6 is 11.6 Å². The smallest absolute Gasteiger partial charge is 0.340 e. The van der Waals surface area contributed by atoms with Gasteiger partial charge in [-0.05, 0) is 35.9 Å². The number of hydrogen-bond donors (Lipinski definition) is 0. The first-order valence-corrected chi connectivity index (χ1v) is 12.2. The molecule has 0 bridgehead atoms. The van der Waals surface area contributed by atoms with E-state index < -0.39 is 28.4 Å². The summed E-state index contributed by atoms with van der Waals surface area (Å²) in [4.78, 5) is 25.1. The molecule has 0 unspecified atom stereocenters. The second kappa shape index (κ2) is 11.4. The van der Waals surface area contributed by atoms with Crippen LogP contribution in [0.3, 0.4) is 0 Å². The lowest BCUT2D eigenvalue weighted by molar-refractivity contribution is 0.0474. The fourth-order valence-electron chi connectivity index (χ4n) is 3.24. The molecule has 0 amide bonds. The number of nitrogens with zero attached hydrogens (tertiary/aromatic N) is 1. The Bertz CT molecular complexity index is 1330. The van der Waals surface area contributed by atoms with Gasteiger partial charge < -0.3 is 14.2 Å². The molecular weight excluding hydrogens is 494 g/mol. The number of ketones is 1. The monoisotopic (exact) mass is 517 g/mol. The highest BCUT2D eigenvalue weighted by atomic mass is 35.5. The Morgan fingerprint density at radius 1 is 0.914 bits per heavy atom. The highest BCUT2D eigenvalue weighted by molar-refractivity contribution is 7.89. The molecule has 0 aliphatic heterocycles. The molecule has 10 heteroatoms. The van der Waals surface area contributed by atoms with Crippen molar-refractivity contribution in [3.05, 3.63) is 88.4 Å². The lowest BCUT2D eigenvalue weighted by atomic mass is 10.1. The topological polar surface area (TPSA) is 99.2 Å². The van der Waals surface area contributed by atoms with E-state index in [0.717, 1.165) is 11.6 Å². The number of benzene rings is 3. The van der Waals surface area contributed by atoms with Gasteiger partial charge in [0.05, 0.1) is 35.3 Å². The van der Waals surface area contributed by atoms with Crippen molar-refractivity contribution in [2.45, 2.75) is 11.4 Å². The first kappa shape index (κ1) is 26.2. The second-order valence-electron chi connectivity index (χ2n) is 7.45. The summed E-state index contributed by atoms with van der Waals surface area (Å²) in [6.07, 6.45) is 0. The number of ether oxygens (including phenoxy) is 3. The molecule has 0 aliphatic rings. The third kappa shape index (κ3) is 6.19. The van der Waals surface area contributed by atoms with Crippen LogP contribution in [0.1, 0.15) is 26.3 Å². The van der Waals surface area contributed by atoms with Crippen molar-refractivity contribution in [1.82, 2.24) is 4.31 Å². The summed E-state index contributed by atoms with van der Waals surface area (Å²) in [5.74, 6) is -0.686. The number of hydrogen-bond acceptors (Lipinski definition) is 7. The molecule has 35 heavy (non-hydrogen) atoms. The minimum atomic E-state index is -3.93. The highest BCUT2D eigenvalue weighted by Crippen LogP contribution is 2.26. The zero-order valence-corrected chi connectivity index (χ0v) is 20.9. The number of sulfonamides is 1. The van der Waals surface area contributed by atoms with E-state index >= 15 is 0 Å². The van der Waals surface area contributed by atoms with Crippen molar-refractivity contribution in [2.75, 3.05) is 27.9 Å². The Hall–Kier alpha value is -3.40. The van der Waals surface area contributed by atoms with Crippen LogP contribution < -0.4 is 9.47 Å². The Morgan fingerprint density at radius 2 is 1.63 bits per heavy atom. The highest BCUT2D eigenvalue weighted by Gasteiger charge is 2.24. The van der Waals surface area contributed by atoms with Crippen molar-refractivity contribution in [2.24, 2.45) is 0 Å². The lowest BCUT2D eigenvalue weighted by Crippen LogP contribution is -2.26. The average molecular weight is 518 g/mol. The number of esters is 1. The Morgan fingerprint density at radius 3 is 2.29 bits per heavy atom. The Labute approximate surface area is 209 Å². The minimum Gasteiger partial charge on any atom is -0.497 e. The molecule has 0 aromatic heterocycles. The number of methoxy groups -OCH3 is 2. The largest absolute Gasteiger partial charge is 0.497 e. The summed E-state index contributed by atoms with van der Waals surface area (Å²) in [6.45, 7) is -0.452. The second-order valence-corrected chi connectivity index (χ2v) is 9.91. The van der Waals surface area contributed by atoms with Gasteiger partial charge in [-0.3, -0.25) is 4.79 Å². The van der Waals surface area contributed by atoms with Gasteiger partial charge in [0, 0.05) is 19.7 Å². The van der Waals surface area contributed by atoms with E-state index in [1.54, 1.807) is 6.07 Å². The predicted molar refractivity (Wildman–Crippen MR) is 131 cm³/mol. The summed E-state index contributed by atoms with van der Waals surface area (Å²) in [7, 11) is 0.395. The SMILES string of the molecule is COc1ccc(C(=O)COC(=O)c2cc(S(=O)(=O)N(C)Cc3ccccc3)ccc2Cl)c(OC)c1. The van der Waals surface area contributed by atoms with Crippen LogP contribution in [0.5, 0.6) is 11.5 Å². The first-order valence-electron chi connectivity index (χ1n) is 10.4.